The lowest BCUT2D eigenvalue weighted by atomic mass is 10.4. The lowest BCUT2D eigenvalue weighted by Gasteiger charge is -2.00. The molecule has 0 aromatic carbocycles. The fourth-order valence-corrected chi connectivity index (χ4v) is 1.78. The van der Waals surface area contributed by atoms with Crippen LogP contribution in [0.3, 0.4) is 0 Å². The second-order valence-electron chi connectivity index (χ2n) is 2.07. The quantitative estimate of drug-likeness (QED) is 0.611. The van der Waals surface area contributed by atoms with Gasteiger partial charge in [0, 0.05) is 7.05 Å². The molecule has 0 fully saturated rings. The molecular formula is C5H3F3I2N2. The van der Waals surface area contributed by atoms with Gasteiger partial charge in [-0.15, -0.1) is 0 Å². The van der Waals surface area contributed by atoms with Crippen molar-refractivity contribution in [2.45, 2.75) is 6.18 Å². The Balaban J connectivity index is 3.28. The van der Waals surface area contributed by atoms with E-state index in [-0.39, 0.29) is 3.57 Å². The Kier molecular flexibility index (Phi) is 2.91. The number of hydrogen-bond acceptors (Lipinski definition) is 1. The first kappa shape index (κ1) is 10.5. The van der Waals surface area contributed by atoms with Crippen molar-refractivity contribution in [3.8, 4) is 0 Å². The number of hydrogen-bond donors (Lipinski definition) is 0. The van der Waals surface area contributed by atoms with Gasteiger partial charge in [-0.25, -0.2) is 0 Å². The topological polar surface area (TPSA) is 17.8 Å². The molecule has 0 bridgehead atoms. The summed E-state index contributed by atoms with van der Waals surface area (Å²) >= 11 is 3.46. The van der Waals surface area contributed by atoms with Crippen LogP contribution >= 0.6 is 45.2 Å². The molecular weight excluding hydrogens is 399 g/mol. The minimum Gasteiger partial charge on any atom is -0.261 e. The van der Waals surface area contributed by atoms with Crippen LogP contribution in [0.25, 0.3) is 0 Å². The molecule has 0 N–H and O–H groups in total. The van der Waals surface area contributed by atoms with Crippen LogP contribution in [-0.2, 0) is 13.2 Å². The lowest BCUT2D eigenvalue weighted by Crippen LogP contribution is -2.08. The van der Waals surface area contributed by atoms with Crippen molar-refractivity contribution < 1.29 is 13.2 Å². The zero-order valence-electron chi connectivity index (χ0n) is 5.78. The van der Waals surface area contributed by atoms with Gasteiger partial charge in [0.25, 0.3) is 0 Å². The van der Waals surface area contributed by atoms with E-state index in [1.807, 2.05) is 22.6 Å². The third-order valence-electron chi connectivity index (χ3n) is 1.19. The molecule has 1 aromatic rings. The van der Waals surface area contributed by atoms with E-state index >= 15 is 0 Å². The van der Waals surface area contributed by atoms with Crippen molar-refractivity contribution in [1.82, 2.24) is 9.78 Å². The smallest absolute Gasteiger partial charge is 0.261 e. The Morgan fingerprint density at radius 3 is 2.00 bits per heavy atom. The largest absolute Gasteiger partial charge is 0.436 e. The summed E-state index contributed by atoms with van der Waals surface area (Å²) in [7, 11) is 1.49. The molecule has 68 valence electrons. The van der Waals surface area contributed by atoms with Crippen LogP contribution in [0.15, 0.2) is 0 Å². The Morgan fingerprint density at radius 1 is 1.33 bits per heavy atom. The molecule has 1 aromatic heterocycles. The minimum atomic E-state index is -4.35. The zero-order chi connectivity index (χ0) is 9.52. The summed E-state index contributed by atoms with van der Waals surface area (Å²) in [6.45, 7) is 0. The number of alkyl halides is 3. The lowest BCUT2D eigenvalue weighted by molar-refractivity contribution is -0.142. The van der Waals surface area contributed by atoms with Gasteiger partial charge >= 0.3 is 6.18 Å². The van der Waals surface area contributed by atoms with Crippen LogP contribution < -0.4 is 0 Å². The number of aryl methyl sites for hydroxylation is 1. The molecule has 2 nitrogen and oxygen atoms in total. The maximum absolute atomic E-state index is 12.2. The molecule has 0 saturated carbocycles. The van der Waals surface area contributed by atoms with Gasteiger partial charge in [0.2, 0.25) is 0 Å². The Labute approximate surface area is 93.8 Å². The second kappa shape index (κ2) is 3.31. The predicted octanol–water partition coefficient (Wildman–Crippen LogP) is 2.65. The van der Waals surface area contributed by atoms with Crippen LogP contribution in [0, 0.1) is 7.27 Å². The summed E-state index contributed by atoms with van der Waals surface area (Å²) in [5.74, 6) is 0. The van der Waals surface area contributed by atoms with E-state index in [2.05, 4.69) is 5.10 Å². The normalized spacial score (nSPS) is 12.2. The van der Waals surface area contributed by atoms with Crippen molar-refractivity contribution in [1.29, 1.82) is 0 Å². The molecule has 0 aliphatic heterocycles. The summed E-state index contributed by atoms with van der Waals surface area (Å²) in [6.07, 6.45) is -4.35. The maximum Gasteiger partial charge on any atom is 0.436 e. The van der Waals surface area contributed by atoms with Gasteiger partial charge in [0.1, 0.15) is 3.70 Å². The highest BCUT2D eigenvalue weighted by Crippen LogP contribution is 2.33. The molecule has 0 spiro atoms. The van der Waals surface area contributed by atoms with Crippen molar-refractivity contribution >= 4 is 45.2 Å². The van der Waals surface area contributed by atoms with Crippen molar-refractivity contribution in [2.24, 2.45) is 7.05 Å². The van der Waals surface area contributed by atoms with Gasteiger partial charge in [-0.3, -0.25) is 4.68 Å². The highest BCUT2D eigenvalue weighted by molar-refractivity contribution is 14.1. The predicted molar refractivity (Wildman–Crippen MR) is 53.6 cm³/mol. The summed E-state index contributed by atoms with van der Waals surface area (Å²) < 4.78 is 38.3. The SMILES string of the molecule is Cn1nc(C(F)(F)F)c(I)c1I. The molecule has 0 amide bonds. The third-order valence-corrected chi connectivity index (χ3v) is 4.48. The molecule has 0 unspecified atom stereocenters. The van der Waals surface area contributed by atoms with Crippen LogP contribution in [-0.4, -0.2) is 9.78 Å². The van der Waals surface area contributed by atoms with Crippen LogP contribution in [0.2, 0.25) is 0 Å². The van der Waals surface area contributed by atoms with Crippen LogP contribution in [0.4, 0.5) is 13.2 Å². The van der Waals surface area contributed by atoms with E-state index in [0.29, 0.717) is 3.70 Å². The van der Waals surface area contributed by atoms with Crippen molar-refractivity contribution in [3.05, 3.63) is 13.0 Å². The Bertz CT molecular complexity index is 304. The fraction of sp³-hybridized carbons (Fsp3) is 0.400. The van der Waals surface area contributed by atoms with Gasteiger partial charge in [-0.1, -0.05) is 0 Å². The first-order valence-electron chi connectivity index (χ1n) is 2.79. The third kappa shape index (κ3) is 1.86. The average molecular weight is 402 g/mol. The molecule has 7 heteroatoms. The van der Waals surface area contributed by atoms with E-state index in [9.17, 15) is 13.2 Å². The Hall–Kier alpha value is 0.460. The number of halogens is 5. The van der Waals surface area contributed by atoms with Crippen molar-refractivity contribution in [2.75, 3.05) is 0 Å². The summed E-state index contributed by atoms with van der Waals surface area (Å²) in [6, 6.07) is 0. The number of nitrogens with zero attached hydrogens (tertiary/aromatic N) is 2. The highest BCUT2D eigenvalue weighted by Gasteiger charge is 2.37. The zero-order valence-corrected chi connectivity index (χ0v) is 10.1. The molecule has 1 rings (SSSR count). The number of rotatable bonds is 0. The van der Waals surface area contributed by atoms with E-state index < -0.39 is 11.9 Å². The molecule has 12 heavy (non-hydrogen) atoms. The summed E-state index contributed by atoms with van der Waals surface area (Å²) in [4.78, 5) is 0. The first-order valence-corrected chi connectivity index (χ1v) is 4.95. The van der Waals surface area contributed by atoms with E-state index in [0.717, 1.165) is 0 Å². The fourth-order valence-electron chi connectivity index (χ4n) is 0.659. The van der Waals surface area contributed by atoms with Gasteiger partial charge < -0.3 is 0 Å². The summed E-state index contributed by atoms with van der Waals surface area (Å²) in [5.41, 5.74) is -0.810. The van der Waals surface area contributed by atoms with E-state index in [1.54, 1.807) is 22.6 Å². The minimum absolute atomic E-state index is 0.156. The van der Waals surface area contributed by atoms with Crippen LogP contribution in [0.5, 0.6) is 0 Å². The van der Waals surface area contributed by atoms with Gasteiger partial charge in [-0.2, -0.15) is 18.3 Å². The van der Waals surface area contributed by atoms with Crippen LogP contribution in [0.1, 0.15) is 5.69 Å². The monoisotopic (exact) mass is 402 g/mol. The molecule has 1 heterocycles. The summed E-state index contributed by atoms with van der Waals surface area (Å²) in [5, 5.41) is 3.36. The molecule has 0 aliphatic carbocycles. The van der Waals surface area contributed by atoms with Crippen molar-refractivity contribution in [3.63, 3.8) is 0 Å². The van der Waals surface area contributed by atoms with E-state index in [1.165, 1.54) is 11.7 Å². The number of aromatic nitrogens is 2. The van der Waals surface area contributed by atoms with Gasteiger partial charge in [-0.05, 0) is 45.2 Å². The molecule has 0 saturated heterocycles. The second-order valence-corrected chi connectivity index (χ2v) is 4.18. The molecule has 0 aliphatic rings. The van der Waals surface area contributed by atoms with Gasteiger partial charge in [0.05, 0.1) is 3.57 Å². The molecule has 0 radical (unpaired) electrons. The highest BCUT2D eigenvalue weighted by atomic mass is 127. The average Bonchev–Trinajstić information content (AvgIpc) is 2.15. The van der Waals surface area contributed by atoms with Gasteiger partial charge in [0.15, 0.2) is 5.69 Å². The Morgan fingerprint density at radius 2 is 1.83 bits per heavy atom. The first-order chi connectivity index (χ1) is 5.34. The molecule has 0 atom stereocenters. The maximum atomic E-state index is 12.2. The standard InChI is InChI=1S/C5H3F3I2N2/c1-12-4(10)2(9)3(11-12)5(6,7)8/h1H3. The van der Waals surface area contributed by atoms with E-state index in [4.69, 9.17) is 0 Å².